The average molecular weight is 445 g/mol. The Morgan fingerprint density at radius 3 is 2.42 bits per heavy atom. The SMILES string of the molecule is CC(C)C[C@H](c1cc(Br)cc([N+](=O)[O-])c1O)N1CCNCC1.Cl.Cl. The van der Waals surface area contributed by atoms with Gasteiger partial charge in [0.2, 0.25) is 0 Å². The molecule has 1 aliphatic heterocycles. The molecule has 6 nitrogen and oxygen atoms in total. The summed E-state index contributed by atoms with van der Waals surface area (Å²) >= 11 is 3.33. The van der Waals surface area contributed by atoms with Gasteiger partial charge < -0.3 is 10.4 Å². The number of piperazine rings is 1. The lowest BCUT2D eigenvalue weighted by atomic mass is 9.94. The Morgan fingerprint density at radius 2 is 1.92 bits per heavy atom. The number of benzene rings is 1. The Bertz CT molecular complexity index is 555. The molecule has 0 bridgehead atoms. The van der Waals surface area contributed by atoms with Gasteiger partial charge in [0.1, 0.15) is 0 Å². The molecule has 138 valence electrons. The molecular formula is C15H24BrCl2N3O3. The Balaban J connectivity index is 0.00000264. The summed E-state index contributed by atoms with van der Waals surface area (Å²) in [5.74, 6) is 0.217. The zero-order chi connectivity index (χ0) is 16.3. The van der Waals surface area contributed by atoms with Crippen LogP contribution in [0.2, 0.25) is 0 Å². The molecule has 0 saturated carbocycles. The van der Waals surface area contributed by atoms with E-state index in [2.05, 4.69) is 40.0 Å². The summed E-state index contributed by atoms with van der Waals surface area (Å²) in [5, 5.41) is 24.8. The highest BCUT2D eigenvalue weighted by molar-refractivity contribution is 9.10. The lowest BCUT2D eigenvalue weighted by molar-refractivity contribution is -0.386. The number of nitrogens with one attached hydrogen (secondary N) is 1. The molecule has 0 spiro atoms. The number of nitro groups is 1. The van der Waals surface area contributed by atoms with Crippen LogP contribution in [0.5, 0.6) is 5.75 Å². The highest BCUT2D eigenvalue weighted by Gasteiger charge is 2.29. The van der Waals surface area contributed by atoms with Crippen LogP contribution in [-0.4, -0.2) is 41.1 Å². The van der Waals surface area contributed by atoms with Gasteiger partial charge in [-0.2, -0.15) is 0 Å². The minimum absolute atomic E-state index is 0. The minimum atomic E-state index is -0.534. The van der Waals surface area contributed by atoms with E-state index in [1.54, 1.807) is 6.07 Å². The van der Waals surface area contributed by atoms with Crippen molar-refractivity contribution in [3.8, 4) is 5.75 Å². The Morgan fingerprint density at radius 1 is 1.33 bits per heavy atom. The molecule has 0 unspecified atom stereocenters. The summed E-state index contributed by atoms with van der Waals surface area (Å²) in [7, 11) is 0. The molecule has 1 aromatic carbocycles. The van der Waals surface area contributed by atoms with Gasteiger partial charge in [-0.15, -0.1) is 24.8 Å². The first-order valence-corrected chi connectivity index (χ1v) is 8.31. The maximum atomic E-state index is 11.1. The quantitative estimate of drug-likeness (QED) is 0.531. The van der Waals surface area contributed by atoms with Crippen molar-refractivity contribution >= 4 is 46.4 Å². The van der Waals surface area contributed by atoms with Gasteiger partial charge in [-0.1, -0.05) is 29.8 Å². The van der Waals surface area contributed by atoms with Crippen molar-refractivity contribution in [2.75, 3.05) is 26.2 Å². The Kier molecular flexibility index (Phi) is 10.1. The fourth-order valence-corrected chi connectivity index (χ4v) is 3.38. The summed E-state index contributed by atoms with van der Waals surface area (Å²) in [6, 6.07) is 3.14. The number of nitro benzene ring substituents is 1. The summed E-state index contributed by atoms with van der Waals surface area (Å²) < 4.78 is 0.621. The first-order chi connectivity index (χ1) is 10.4. The number of halogens is 3. The van der Waals surface area contributed by atoms with E-state index in [1.807, 2.05) is 0 Å². The molecule has 0 aliphatic carbocycles. The standard InChI is InChI=1S/C15H22BrN3O3.2ClH/c1-10(2)7-13(18-5-3-17-4-6-18)12-8-11(16)9-14(15(12)20)19(21)22;;/h8-10,13,17,20H,3-7H2,1-2H3;2*1H/t13-;;/m1../s1. The minimum Gasteiger partial charge on any atom is -0.502 e. The number of hydrogen-bond donors (Lipinski definition) is 2. The largest absolute Gasteiger partial charge is 0.502 e. The molecule has 0 radical (unpaired) electrons. The normalized spacial score (nSPS) is 16.2. The van der Waals surface area contributed by atoms with Crippen LogP contribution in [0.4, 0.5) is 5.69 Å². The topological polar surface area (TPSA) is 78.6 Å². The highest BCUT2D eigenvalue weighted by Crippen LogP contribution is 2.41. The molecule has 0 amide bonds. The number of rotatable bonds is 5. The Labute approximate surface area is 163 Å². The maximum Gasteiger partial charge on any atom is 0.312 e. The van der Waals surface area contributed by atoms with Crippen molar-refractivity contribution in [3.63, 3.8) is 0 Å². The van der Waals surface area contributed by atoms with Crippen LogP contribution in [0.3, 0.4) is 0 Å². The van der Waals surface area contributed by atoms with Crippen LogP contribution in [0.1, 0.15) is 31.9 Å². The molecule has 1 saturated heterocycles. The monoisotopic (exact) mass is 443 g/mol. The van der Waals surface area contributed by atoms with Crippen LogP contribution in [0.25, 0.3) is 0 Å². The molecule has 9 heteroatoms. The van der Waals surface area contributed by atoms with Crippen LogP contribution in [0, 0.1) is 16.0 Å². The molecule has 1 aliphatic rings. The maximum absolute atomic E-state index is 11.1. The summed E-state index contributed by atoms with van der Waals surface area (Å²) in [5.41, 5.74) is 0.393. The smallest absolute Gasteiger partial charge is 0.312 e. The van der Waals surface area contributed by atoms with Gasteiger partial charge in [0.05, 0.1) is 4.92 Å². The van der Waals surface area contributed by atoms with E-state index in [0.29, 0.717) is 16.0 Å². The van der Waals surface area contributed by atoms with E-state index >= 15 is 0 Å². The molecular weight excluding hydrogens is 421 g/mol. The third-order valence-electron chi connectivity index (χ3n) is 3.93. The first kappa shape index (κ1) is 23.4. The van der Waals surface area contributed by atoms with Gasteiger partial charge in [-0.3, -0.25) is 15.0 Å². The number of aromatic hydroxyl groups is 1. The van der Waals surface area contributed by atoms with E-state index in [-0.39, 0.29) is 42.3 Å². The molecule has 1 aromatic rings. The van der Waals surface area contributed by atoms with Gasteiger partial charge in [-0.05, 0) is 18.4 Å². The number of phenols is 1. The second kappa shape index (κ2) is 10.4. The second-order valence-corrected chi connectivity index (χ2v) is 6.97. The molecule has 0 aromatic heterocycles. The lowest BCUT2D eigenvalue weighted by Gasteiger charge is -2.36. The average Bonchev–Trinajstić information content (AvgIpc) is 2.47. The predicted octanol–water partition coefficient (Wildman–Crippen LogP) is 3.90. The van der Waals surface area contributed by atoms with E-state index in [1.165, 1.54) is 6.07 Å². The molecule has 1 fully saturated rings. The molecule has 1 atom stereocenters. The van der Waals surface area contributed by atoms with Crippen molar-refractivity contribution in [1.82, 2.24) is 10.2 Å². The number of hydrogen-bond acceptors (Lipinski definition) is 5. The predicted molar refractivity (Wildman–Crippen MR) is 104 cm³/mol. The van der Waals surface area contributed by atoms with E-state index in [0.717, 1.165) is 32.6 Å². The second-order valence-electron chi connectivity index (χ2n) is 6.05. The first-order valence-electron chi connectivity index (χ1n) is 7.51. The van der Waals surface area contributed by atoms with Gasteiger partial charge >= 0.3 is 5.69 Å². The van der Waals surface area contributed by atoms with E-state index in [9.17, 15) is 15.2 Å². The van der Waals surface area contributed by atoms with Crippen LogP contribution >= 0.6 is 40.7 Å². The van der Waals surface area contributed by atoms with Gasteiger partial charge in [-0.25, -0.2) is 0 Å². The highest BCUT2D eigenvalue weighted by atomic mass is 79.9. The molecule has 24 heavy (non-hydrogen) atoms. The van der Waals surface area contributed by atoms with Crippen molar-refractivity contribution in [1.29, 1.82) is 0 Å². The zero-order valence-electron chi connectivity index (χ0n) is 13.7. The molecule has 2 N–H and O–H groups in total. The molecule has 1 heterocycles. The number of nitrogens with zero attached hydrogens (tertiary/aromatic N) is 2. The lowest BCUT2D eigenvalue weighted by Crippen LogP contribution is -2.45. The van der Waals surface area contributed by atoms with Gasteiger partial charge in [0, 0.05) is 48.3 Å². The van der Waals surface area contributed by atoms with Crippen LogP contribution < -0.4 is 5.32 Å². The third-order valence-corrected chi connectivity index (χ3v) is 4.38. The fraction of sp³-hybridized carbons (Fsp3) is 0.600. The summed E-state index contributed by atoms with van der Waals surface area (Å²) in [6.45, 7) is 7.78. The Hall–Kier alpha value is -0.600. The third kappa shape index (κ3) is 5.74. The van der Waals surface area contributed by atoms with Crippen molar-refractivity contribution in [2.24, 2.45) is 5.92 Å². The van der Waals surface area contributed by atoms with Gasteiger partial charge in [0.15, 0.2) is 5.75 Å². The fourth-order valence-electron chi connectivity index (χ4n) is 2.91. The van der Waals surface area contributed by atoms with E-state index < -0.39 is 4.92 Å². The van der Waals surface area contributed by atoms with E-state index in [4.69, 9.17) is 0 Å². The summed E-state index contributed by atoms with van der Waals surface area (Å²) in [4.78, 5) is 12.9. The zero-order valence-corrected chi connectivity index (χ0v) is 16.9. The van der Waals surface area contributed by atoms with Crippen molar-refractivity contribution in [2.45, 2.75) is 26.3 Å². The van der Waals surface area contributed by atoms with Crippen molar-refractivity contribution in [3.05, 3.63) is 32.3 Å². The van der Waals surface area contributed by atoms with Crippen LogP contribution in [-0.2, 0) is 0 Å². The van der Waals surface area contributed by atoms with Crippen LogP contribution in [0.15, 0.2) is 16.6 Å². The van der Waals surface area contributed by atoms with Gasteiger partial charge in [0.25, 0.3) is 0 Å². The molecule has 2 rings (SSSR count). The number of phenolic OH excluding ortho intramolecular Hbond substituents is 1. The summed E-state index contributed by atoms with van der Waals surface area (Å²) in [6.07, 6.45) is 0.848. The van der Waals surface area contributed by atoms with Crippen molar-refractivity contribution < 1.29 is 10.0 Å².